The molecule has 0 spiro atoms. The lowest BCUT2D eigenvalue weighted by Gasteiger charge is -2.16. The number of hydrogen-bond acceptors (Lipinski definition) is 4. The van der Waals surface area contributed by atoms with Crippen molar-refractivity contribution >= 4 is 44.6 Å². The first-order valence-electron chi connectivity index (χ1n) is 7.43. The molecule has 1 aliphatic heterocycles. The molecule has 0 aliphatic carbocycles. The standard InChI is InChI=1S/C18H14ClNO3S/c1-18(2)22-12-8-7-10(9-13(12)23-18)20-17(21)16-15(19)11-5-3-4-6-14(11)24-16/h3-9H,1-2H3,(H,20,21). The molecule has 0 bridgehead atoms. The van der Waals surface area contributed by atoms with E-state index in [-0.39, 0.29) is 5.91 Å². The molecule has 0 unspecified atom stereocenters. The smallest absolute Gasteiger partial charge is 0.267 e. The lowest BCUT2D eigenvalue weighted by molar-refractivity contribution is -0.0431. The third kappa shape index (κ3) is 2.60. The maximum absolute atomic E-state index is 12.6. The third-order valence-corrected chi connectivity index (χ3v) is 5.33. The van der Waals surface area contributed by atoms with Gasteiger partial charge in [0.25, 0.3) is 5.91 Å². The number of hydrogen-bond donors (Lipinski definition) is 1. The van der Waals surface area contributed by atoms with Gasteiger partial charge in [0.05, 0.1) is 5.02 Å². The number of rotatable bonds is 2. The van der Waals surface area contributed by atoms with Gasteiger partial charge < -0.3 is 14.8 Å². The first-order chi connectivity index (χ1) is 11.4. The van der Waals surface area contributed by atoms with Crippen LogP contribution in [-0.4, -0.2) is 11.7 Å². The number of ether oxygens (including phenoxy) is 2. The quantitative estimate of drug-likeness (QED) is 0.674. The van der Waals surface area contributed by atoms with E-state index >= 15 is 0 Å². The number of anilines is 1. The summed E-state index contributed by atoms with van der Waals surface area (Å²) in [7, 11) is 0. The highest BCUT2D eigenvalue weighted by Gasteiger charge is 2.31. The zero-order valence-electron chi connectivity index (χ0n) is 13.1. The Hall–Kier alpha value is -2.24. The zero-order valence-corrected chi connectivity index (χ0v) is 14.6. The summed E-state index contributed by atoms with van der Waals surface area (Å²) < 4.78 is 12.3. The Morgan fingerprint density at radius 1 is 1.12 bits per heavy atom. The molecule has 2 aromatic carbocycles. The summed E-state index contributed by atoms with van der Waals surface area (Å²) >= 11 is 7.73. The van der Waals surface area contributed by atoms with Gasteiger partial charge in [0.2, 0.25) is 5.79 Å². The van der Waals surface area contributed by atoms with Crippen LogP contribution in [0.4, 0.5) is 5.69 Å². The van der Waals surface area contributed by atoms with Crippen molar-refractivity contribution in [2.45, 2.75) is 19.6 Å². The Labute approximate surface area is 148 Å². The van der Waals surface area contributed by atoms with Gasteiger partial charge in [-0.05, 0) is 18.2 Å². The highest BCUT2D eigenvalue weighted by Crippen LogP contribution is 2.41. The summed E-state index contributed by atoms with van der Waals surface area (Å²) in [6, 6.07) is 13.0. The van der Waals surface area contributed by atoms with Gasteiger partial charge in [-0.1, -0.05) is 29.8 Å². The molecule has 3 aromatic rings. The van der Waals surface area contributed by atoms with Gasteiger partial charge in [0, 0.05) is 35.7 Å². The number of fused-ring (bicyclic) bond motifs is 2. The Kier molecular flexibility index (Phi) is 3.44. The van der Waals surface area contributed by atoms with Crippen LogP contribution in [0.25, 0.3) is 10.1 Å². The fraction of sp³-hybridized carbons (Fsp3) is 0.167. The van der Waals surface area contributed by atoms with E-state index in [9.17, 15) is 4.79 Å². The van der Waals surface area contributed by atoms with Crippen LogP contribution in [0.15, 0.2) is 42.5 Å². The molecule has 1 amide bonds. The fourth-order valence-corrected chi connectivity index (χ4v) is 4.06. The first-order valence-corrected chi connectivity index (χ1v) is 8.63. The summed E-state index contributed by atoms with van der Waals surface area (Å²) in [6.07, 6.45) is 0. The van der Waals surface area contributed by atoms with Gasteiger partial charge in [0.1, 0.15) is 4.88 Å². The molecule has 24 heavy (non-hydrogen) atoms. The minimum absolute atomic E-state index is 0.237. The van der Waals surface area contributed by atoms with Crippen molar-refractivity contribution in [3.63, 3.8) is 0 Å². The molecule has 1 N–H and O–H groups in total. The summed E-state index contributed by atoms with van der Waals surface area (Å²) in [4.78, 5) is 13.1. The Morgan fingerprint density at radius 3 is 2.67 bits per heavy atom. The molecule has 0 atom stereocenters. The number of benzene rings is 2. The highest BCUT2D eigenvalue weighted by molar-refractivity contribution is 7.21. The van der Waals surface area contributed by atoms with Crippen LogP contribution < -0.4 is 14.8 Å². The third-order valence-electron chi connectivity index (χ3n) is 3.65. The van der Waals surface area contributed by atoms with Gasteiger partial charge >= 0.3 is 0 Å². The predicted octanol–water partition coefficient (Wildman–Crippen LogP) is 5.31. The van der Waals surface area contributed by atoms with Crippen molar-refractivity contribution in [2.75, 3.05) is 5.32 Å². The van der Waals surface area contributed by atoms with E-state index in [1.54, 1.807) is 18.2 Å². The molecule has 6 heteroatoms. The van der Waals surface area contributed by atoms with Gasteiger partial charge in [-0.25, -0.2) is 0 Å². The number of carbonyl (C=O) groups is 1. The molecule has 1 aromatic heterocycles. The second kappa shape index (κ2) is 5.40. The summed E-state index contributed by atoms with van der Waals surface area (Å²) in [5, 5.41) is 4.24. The molecule has 4 nitrogen and oxygen atoms in total. The van der Waals surface area contributed by atoms with Crippen LogP contribution in [0.5, 0.6) is 11.5 Å². The van der Waals surface area contributed by atoms with Crippen molar-refractivity contribution in [2.24, 2.45) is 0 Å². The maximum Gasteiger partial charge on any atom is 0.267 e. The maximum atomic E-state index is 12.6. The van der Waals surface area contributed by atoms with Crippen LogP contribution in [-0.2, 0) is 0 Å². The van der Waals surface area contributed by atoms with Gasteiger partial charge in [-0.2, -0.15) is 0 Å². The molecule has 1 aliphatic rings. The lowest BCUT2D eigenvalue weighted by atomic mass is 10.2. The average molecular weight is 360 g/mol. The number of nitrogens with one attached hydrogen (secondary N) is 1. The lowest BCUT2D eigenvalue weighted by Crippen LogP contribution is -2.29. The molecule has 0 radical (unpaired) electrons. The van der Waals surface area contributed by atoms with Crippen molar-refractivity contribution in [1.82, 2.24) is 0 Å². The largest absolute Gasteiger partial charge is 0.449 e. The van der Waals surface area contributed by atoms with Crippen molar-refractivity contribution in [1.29, 1.82) is 0 Å². The number of halogens is 1. The summed E-state index contributed by atoms with van der Waals surface area (Å²) in [5.74, 6) is 0.345. The minimum atomic E-state index is -0.695. The van der Waals surface area contributed by atoms with Crippen LogP contribution in [0.1, 0.15) is 23.5 Å². The molecule has 0 saturated carbocycles. The average Bonchev–Trinajstić information content (AvgIpc) is 3.03. The molecular formula is C18H14ClNO3S. The summed E-state index contributed by atoms with van der Waals surface area (Å²) in [6.45, 7) is 3.67. The van der Waals surface area contributed by atoms with Gasteiger partial charge in [0.15, 0.2) is 11.5 Å². The molecule has 0 saturated heterocycles. The van der Waals surface area contributed by atoms with E-state index in [2.05, 4.69) is 5.32 Å². The van der Waals surface area contributed by atoms with E-state index in [1.807, 2.05) is 38.1 Å². The number of thiophene rings is 1. The number of amides is 1. The van der Waals surface area contributed by atoms with E-state index in [0.717, 1.165) is 10.1 Å². The van der Waals surface area contributed by atoms with Crippen LogP contribution >= 0.6 is 22.9 Å². The second-order valence-electron chi connectivity index (χ2n) is 5.96. The van der Waals surface area contributed by atoms with Gasteiger partial charge in [-0.3, -0.25) is 4.79 Å². The molecule has 4 rings (SSSR count). The van der Waals surface area contributed by atoms with Crippen molar-refractivity contribution < 1.29 is 14.3 Å². The molecular weight excluding hydrogens is 346 g/mol. The van der Waals surface area contributed by atoms with E-state index < -0.39 is 5.79 Å². The highest BCUT2D eigenvalue weighted by atomic mass is 35.5. The fourth-order valence-electron chi connectivity index (χ4n) is 2.65. The molecule has 122 valence electrons. The zero-order chi connectivity index (χ0) is 16.9. The predicted molar refractivity (Wildman–Crippen MR) is 96.6 cm³/mol. The van der Waals surface area contributed by atoms with E-state index in [4.69, 9.17) is 21.1 Å². The van der Waals surface area contributed by atoms with Crippen LogP contribution in [0, 0.1) is 0 Å². The van der Waals surface area contributed by atoms with E-state index in [0.29, 0.717) is 27.1 Å². The van der Waals surface area contributed by atoms with Crippen molar-refractivity contribution in [3.8, 4) is 11.5 Å². The van der Waals surface area contributed by atoms with Crippen LogP contribution in [0.2, 0.25) is 5.02 Å². The summed E-state index contributed by atoms with van der Waals surface area (Å²) in [5.41, 5.74) is 0.633. The second-order valence-corrected chi connectivity index (χ2v) is 7.39. The van der Waals surface area contributed by atoms with Gasteiger partial charge in [-0.15, -0.1) is 11.3 Å². The first kappa shape index (κ1) is 15.3. The normalized spacial score (nSPS) is 14.8. The molecule has 0 fully saturated rings. The SMILES string of the molecule is CC1(C)Oc2ccc(NC(=O)c3sc4ccccc4c3Cl)cc2O1. The Morgan fingerprint density at radius 2 is 1.88 bits per heavy atom. The van der Waals surface area contributed by atoms with Crippen molar-refractivity contribution in [3.05, 3.63) is 52.4 Å². The Balaban J connectivity index is 1.62. The monoisotopic (exact) mass is 359 g/mol. The van der Waals surface area contributed by atoms with E-state index in [1.165, 1.54) is 11.3 Å². The molecule has 2 heterocycles. The Bertz CT molecular complexity index is 964. The topological polar surface area (TPSA) is 47.6 Å². The number of carbonyl (C=O) groups excluding carboxylic acids is 1. The van der Waals surface area contributed by atoms with Crippen LogP contribution in [0.3, 0.4) is 0 Å². The minimum Gasteiger partial charge on any atom is -0.449 e.